The van der Waals surface area contributed by atoms with Gasteiger partial charge in [-0.2, -0.15) is 0 Å². The molecule has 0 spiro atoms. The van der Waals surface area contributed by atoms with Gasteiger partial charge in [-0.1, -0.05) is 53.2 Å². The van der Waals surface area contributed by atoms with Crippen molar-refractivity contribution in [2.75, 3.05) is 10.8 Å². The fourth-order valence-corrected chi connectivity index (χ4v) is 5.62. The van der Waals surface area contributed by atoms with Gasteiger partial charge in [-0.15, -0.1) is 0 Å². The molecular weight excluding hydrogens is 573 g/mol. The van der Waals surface area contributed by atoms with E-state index in [1.54, 1.807) is 25.1 Å². The van der Waals surface area contributed by atoms with Gasteiger partial charge in [0, 0.05) is 17.1 Å². The van der Waals surface area contributed by atoms with E-state index in [1.807, 2.05) is 38.1 Å². The minimum atomic E-state index is -4.19. The molecule has 0 aromatic heterocycles. The molecule has 2 unspecified atom stereocenters. The second-order valence-electron chi connectivity index (χ2n) is 8.95. The van der Waals surface area contributed by atoms with Crippen LogP contribution in [0.3, 0.4) is 0 Å². The van der Waals surface area contributed by atoms with E-state index < -0.39 is 34.3 Å². The van der Waals surface area contributed by atoms with Crippen LogP contribution < -0.4 is 9.62 Å². The largest absolute Gasteiger partial charge is 0.352 e. The van der Waals surface area contributed by atoms with Crippen molar-refractivity contribution < 1.29 is 22.4 Å². The molecule has 3 rings (SSSR count). The topological polar surface area (TPSA) is 86.8 Å². The molecule has 7 nitrogen and oxygen atoms in total. The van der Waals surface area contributed by atoms with Crippen LogP contribution in [0.25, 0.3) is 0 Å². The van der Waals surface area contributed by atoms with Gasteiger partial charge in [-0.25, -0.2) is 12.8 Å². The Morgan fingerprint density at radius 3 is 2.24 bits per heavy atom. The summed E-state index contributed by atoms with van der Waals surface area (Å²) >= 11 is 3.42. The molecule has 0 saturated carbocycles. The number of nitrogens with one attached hydrogen (secondary N) is 1. The van der Waals surface area contributed by atoms with Crippen molar-refractivity contribution in [2.45, 2.75) is 50.7 Å². The zero-order chi connectivity index (χ0) is 27.9. The molecule has 0 aliphatic heterocycles. The quantitative estimate of drug-likeness (QED) is 0.330. The second-order valence-corrected chi connectivity index (χ2v) is 11.7. The number of benzene rings is 3. The lowest BCUT2D eigenvalue weighted by atomic mass is 10.1. The fourth-order valence-electron chi connectivity index (χ4n) is 3.74. The Kier molecular flexibility index (Phi) is 10.0. The third-order valence-electron chi connectivity index (χ3n) is 6.13. The van der Waals surface area contributed by atoms with Gasteiger partial charge < -0.3 is 10.2 Å². The van der Waals surface area contributed by atoms with E-state index in [2.05, 4.69) is 21.2 Å². The number of rotatable bonds is 11. The SMILES string of the molecule is CCC(C)NC(=O)C(C)N(Cc1cccc(Br)c1)C(=O)CN(c1ccc(F)cc1)S(=O)(=O)c1ccccc1. The molecule has 0 saturated heterocycles. The number of halogens is 2. The molecule has 3 aromatic rings. The second kappa shape index (κ2) is 13.0. The first-order valence-electron chi connectivity index (χ1n) is 12.2. The number of hydrogen-bond acceptors (Lipinski definition) is 4. The van der Waals surface area contributed by atoms with Crippen LogP contribution in [-0.2, 0) is 26.2 Å². The van der Waals surface area contributed by atoms with Crippen LogP contribution in [0, 0.1) is 5.82 Å². The standard InChI is InChI=1S/C28H31BrFN3O4S/c1-4-20(2)31-28(35)21(3)32(18-22-9-8-10-23(29)17-22)27(34)19-33(25-15-13-24(30)14-16-25)38(36,37)26-11-6-5-7-12-26/h5-17,20-21H,4,18-19H2,1-3H3,(H,31,35). The van der Waals surface area contributed by atoms with E-state index in [0.29, 0.717) is 6.42 Å². The van der Waals surface area contributed by atoms with E-state index in [9.17, 15) is 22.4 Å². The van der Waals surface area contributed by atoms with Gasteiger partial charge >= 0.3 is 0 Å². The first-order valence-corrected chi connectivity index (χ1v) is 14.4. The zero-order valence-corrected chi connectivity index (χ0v) is 23.9. The number of anilines is 1. The van der Waals surface area contributed by atoms with Crippen LogP contribution >= 0.6 is 15.9 Å². The Hall–Kier alpha value is -3.24. The molecule has 202 valence electrons. The van der Waals surface area contributed by atoms with Crippen LogP contribution in [-0.4, -0.2) is 43.8 Å². The summed E-state index contributed by atoms with van der Waals surface area (Å²) in [5.41, 5.74) is 0.887. The van der Waals surface area contributed by atoms with Crippen LogP contribution in [0.1, 0.15) is 32.8 Å². The number of carbonyl (C=O) groups is 2. The normalized spacial score (nSPS) is 12.9. The van der Waals surface area contributed by atoms with Crippen molar-refractivity contribution in [1.82, 2.24) is 10.2 Å². The highest BCUT2D eigenvalue weighted by molar-refractivity contribution is 9.10. The number of sulfonamides is 1. The molecular formula is C28H31BrFN3O4S. The highest BCUT2D eigenvalue weighted by Crippen LogP contribution is 2.25. The van der Waals surface area contributed by atoms with Crippen LogP contribution in [0.2, 0.25) is 0 Å². The lowest BCUT2D eigenvalue weighted by Gasteiger charge is -2.32. The summed E-state index contributed by atoms with van der Waals surface area (Å²) in [5, 5.41) is 2.89. The summed E-state index contributed by atoms with van der Waals surface area (Å²) < 4.78 is 42.7. The molecule has 3 aromatic carbocycles. The molecule has 0 aliphatic carbocycles. The van der Waals surface area contributed by atoms with E-state index in [1.165, 1.54) is 29.2 Å². The van der Waals surface area contributed by atoms with Crippen molar-refractivity contribution in [3.63, 3.8) is 0 Å². The first kappa shape index (κ1) is 29.3. The Morgan fingerprint density at radius 1 is 0.974 bits per heavy atom. The average Bonchev–Trinajstić information content (AvgIpc) is 2.90. The first-order chi connectivity index (χ1) is 18.0. The summed E-state index contributed by atoms with van der Waals surface area (Å²) in [7, 11) is -4.19. The summed E-state index contributed by atoms with van der Waals surface area (Å²) in [5.74, 6) is -1.47. The zero-order valence-electron chi connectivity index (χ0n) is 21.5. The van der Waals surface area contributed by atoms with Gasteiger partial charge in [0.15, 0.2) is 0 Å². The summed E-state index contributed by atoms with van der Waals surface area (Å²) in [6.45, 7) is 4.91. The van der Waals surface area contributed by atoms with Gasteiger partial charge in [0.05, 0.1) is 10.6 Å². The molecule has 2 atom stereocenters. The minimum absolute atomic E-state index is 0.0155. The molecule has 0 fully saturated rings. The molecule has 0 heterocycles. The summed E-state index contributed by atoms with van der Waals surface area (Å²) in [4.78, 5) is 28.2. The maximum Gasteiger partial charge on any atom is 0.264 e. The fraction of sp³-hybridized carbons (Fsp3) is 0.286. The van der Waals surface area contributed by atoms with Gasteiger partial charge in [-0.05, 0) is 74.4 Å². The number of carbonyl (C=O) groups excluding carboxylic acids is 2. The molecule has 10 heteroatoms. The monoisotopic (exact) mass is 603 g/mol. The third kappa shape index (κ3) is 7.41. The minimum Gasteiger partial charge on any atom is -0.352 e. The average molecular weight is 605 g/mol. The predicted molar refractivity (Wildman–Crippen MR) is 149 cm³/mol. The van der Waals surface area contributed by atoms with Gasteiger partial charge in [0.1, 0.15) is 18.4 Å². The molecule has 0 radical (unpaired) electrons. The van der Waals surface area contributed by atoms with Crippen molar-refractivity contribution in [3.8, 4) is 0 Å². The van der Waals surface area contributed by atoms with Crippen molar-refractivity contribution in [2.24, 2.45) is 0 Å². The maximum absolute atomic E-state index is 13.8. The van der Waals surface area contributed by atoms with E-state index in [4.69, 9.17) is 0 Å². The maximum atomic E-state index is 13.8. The molecule has 2 amide bonds. The summed E-state index contributed by atoms with van der Waals surface area (Å²) in [6, 6.07) is 18.9. The Labute approximate surface area is 231 Å². The highest BCUT2D eigenvalue weighted by atomic mass is 79.9. The highest BCUT2D eigenvalue weighted by Gasteiger charge is 2.32. The molecule has 38 heavy (non-hydrogen) atoms. The van der Waals surface area contributed by atoms with Gasteiger partial charge in [0.25, 0.3) is 10.0 Å². The van der Waals surface area contributed by atoms with Crippen molar-refractivity contribution in [1.29, 1.82) is 0 Å². The molecule has 0 aliphatic rings. The van der Waals surface area contributed by atoms with E-state index in [0.717, 1.165) is 26.5 Å². The van der Waals surface area contributed by atoms with E-state index in [-0.39, 0.29) is 29.1 Å². The summed E-state index contributed by atoms with van der Waals surface area (Å²) in [6.07, 6.45) is 0.714. The predicted octanol–water partition coefficient (Wildman–Crippen LogP) is 5.12. The van der Waals surface area contributed by atoms with Gasteiger partial charge in [0.2, 0.25) is 11.8 Å². The number of nitrogens with zero attached hydrogens (tertiary/aromatic N) is 2. The number of hydrogen-bond donors (Lipinski definition) is 1. The Morgan fingerprint density at radius 2 is 1.63 bits per heavy atom. The van der Waals surface area contributed by atoms with Crippen molar-refractivity contribution in [3.05, 3.63) is 94.7 Å². The lowest BCUT2D eigenvalue weighted by molar-refractivity contribution is -0.139. The molecule has 1 N–H and O–H groups in total. The van der Waals surface area contributed by atoms with Crippen LogP contribution in [0.4, 0.5) is 10.1 Å². The Bertz CT molecular complexity index is 1350. The smallest absolute Gasteiger partial charge is 0.264 e. The van der Waals surface area contributed by atoms with Crippen molar-refractivity contribution >= 4 is 43.5 Å². The van der Waals surface area contributed by atoms with Gasteiger partial charge in [-0.3, -0.25) is 13.9 Å². The third-order valence-corrected chi connectivity index (χ3v) is 8.42. The lowest BCUT2D eigenvalue weighted by Crippen LogP contribution is -2.52. The van der Waals surface area contributed by atoms with Crippen LogP contribution in [0.5, 0.6) is 0 Å². The van der Waals surface area contributed by atoms with Crippen LogP contribution in [0.15, 0.2) is 88.2 Å². The molecule has 0 bridgehead atoms. The number of amides is 2. The van der Waals surface area contributed by atoms with E-state index >= 15 is 0 Å². The Balaban J connectivity index is 2.01.